The Morgan fingerprint density at radius 1 is 0.605 bits per heavy atom. The first-order chi connectivity index (χ1) is 36.0. The number of rotatable bonds is 13. The van der Waals surface area contributed by atoms with Crippen LogP contribution in [0.15, 0.2) is 134 Å². The number of Topliss-reactive ketones (excluding diaryl/α,β-unsaturated/α-hetero) is 2. The number of halogens is 6. The lowest BCUT2D eigenvalue weighted by Crippen LogP contribution is -2.56. The van der Waals surface area contributed by atoms with Gasteiger partial charge in [0.1, 0.15) is 0 Å². The van der Waals surface area contributed by atoms with Crippen LogP contribution in [0.2, 0.25) is 0 Å². The van der Waals surface area contributed by atoms with Crippen LogP contribution in [0, 0.1) is 25.7 Å². The molecule has 16 heteroatoms. The molecule has 2 fully saturated rings. The Balaban J connectivity index is 0.000000201. The number of esters is 1. The Labute approximate surface area is 436 Å². The van der Waals surface area contributed by atoms with Crippen LogP contribution in [0.3, 0.4) is 0 Å². The number of fused-ring (bicyclic) bond motifs is 3. The van der Waals surface area contributed by atoms with Crippen LogP contribution in [-0.4, -0.2) is 84.7 Å². The predicted octanol–water partition coefficient (Wildman–Crippen LogP) is 10.4. The van der Waals surface area contributed by atoms with Crippen molar-refractivity contribution in [3.05, 3.63) is 201 Å². The molecule has 2 aliphatic carbocycles. The van der Waals surface area contributed by atoms with E-state index in [4.69, 9.17) is 4.74 Å². The predicted molar refractivity (Wildman–Crippen MR) is 271 cm³/mol. The van der Waals surface area contributed by atoms with Crippen molar-refractivity contribution in [1.29, 1.82) is 0 Å². The molecular weight excluding hydrogens is 991 g/mol. The first-order valence-electron chi connectivity index (χ1n) is 25.3. The number of carbonyl (C=O) groups is 3. The zero-order valence-corrected chi connectivity index (χ0v) is 42.1. The standard InChI is InChI=1S/C30H28F3NO4.C30H32F3NO4/c1-19-21(8-5-13-34-19)15-26(35)22-9-10-25-24(14-22)27(36)38-18-23-17-29(37,30(31,32)33)12-11-28(23,25)16-20-6-3-2-4-7-20;1-20-22(8-5-13-34-20)15-27(37)23-9-10-26(24(14-23)18-35)28(16-21-6-3-2-4-7-21)11-12-29(38,30(31,32)33)17-25(28)19-36/h2-10,13-14,23,37H,11-12,15-18H2,1H3;2-10,13-14,25,35-36,38H,11-12,15-19H2,1H3/t23-,28-,29+;25-,28-,29+/m00/s1. The van der Waals surface area contributed by atoms with Crippen molar-refractivity contribution in [3.8, 4) is 0 Å². The highest BCUT2D eigenvalue weighted by molar-refractivity contribution is 6.01. The molecule has 9 rings (SSSR count). The highest BCUT2D eigenvalue weighted by Gasteiger charge is 2.63. The minimum Gasteiger partial charge on any atom is -0.462 e. The van der Waals surface area contributed by atoms with Crippen LogP contribution in [-0.2, 0) is 47.9 Å². The van der Waals surface area contributed by atoms with E-state index in [0.717, 1.165) is 33.6 Å². The smallest absolute Gasteiger partial charge is 0.417 e. The molecular formula is C60H60F6N2O8. The number of aliphatic hydroxyl groups is 4. The van der Waals surface area contributed by atoms with Gasteiger partial charge in [-0.1, -0.05) is 97.1 Å². The average Bonchev–Trinajstić information content (AvgIpc) is 3.56. The number of ether oxygens (including phenoxy) is 1. The van der Waals surface area contributed by atoms with E-state index in [1.165, 1.54) is 6.07 Å². The van der Waals surface area contributed by atoms with Gasteiger partial charge in [0.05, 0.1) is 18.8 Å². The van der Waals surface area contributed by atoms with Gasteiger partial charge in [0.15, 0.2) is 22.8 Å². The van der Waals surface area contributed by atoms with Crippen molar-refractivity contribution in [3.63, 3.8) is 0 Å². The topological polar surface area (TPSA) is 167 Å². The van der Waals surface area contributed by atoms with Gasteiger partial charge in [-0.25, -0.2) is 4.79 Å². The van der Waals surface area contributed by atoms with E-state index in [1.807, 2.05) is 86.6 Å². The van der Waals surface area contributed by atoms with Gasteiger partial charge in [0, 0.05) is 71.1 Å². The maximum Gasteiger partial charge on any atom is 0.417 e. The van der Waals surface area contributed by atoms with Crippen LogP contribution >= 0.6 is 0 Å². The fourth-order valence-electron chi connectivity index (χ4n) is 11.9. The number of hydrogen-bond acceptors (Lipinski definition) is 10. The molecule has 0 bridgehead atoms. The molecule has 76 heavy (non-hydrogen) atoms. The lowest BCUT2D eigenvalue weighted by atomic mass is 9.56. The van der Waals surface area contributed by atoms with E-state index in [-0.39, 0.29) is 49.4 Å². The van der Waals surface area contributed by atoms with Gasteiger partial charge in [0.25, 0.3) is 0 Å². The molecule has 3 aliphatic rings. The molecule has 2 saturated carbocycles. The van der Waals surface area contributed by atoms with Gasteiger partial charge in [0.2, 0.25) is 0 Å². The third-order valence-corrected chi connectivity index (χ3v) is 16.3. The molecule has 6 aromatic rings. The molecule has 6 atom stereocenters. The van der Waals surface area contributed by atoms with Gasteiger partial charge < -0.3 is 25.2 Å². The first-order valence-corrected chi connectivity index (χ1v) is 25.3. The Hall–Kier alpha value is -6.59. The third-order valence-electron chi connectivity index (χ3n) is 16.3. The zero-order valence-electron chi connectivity index (χ0n) is 42.1. The van der Waals surface area contributed by atoms with E-state index in [9.17, 15) is 61.2 Å². The summed E-state index contributed by atoms with van der Waals surface area (Å²) in [5.41, 5.74) is -0.389. The normalized spacial score (nSPS) is 24.4. The summed E-state index contributed by atoms with van der Waals surface area (Å²) >= 11 is 0. The fourth-order valence-corrected chi connectivity index (χ4v) is 11.9. The number of ketones is 2. The number of cyclic esters (lactones) is 1. The summed E-state index contributed by atoms with van der Waals surface area (Å²) in [5.74, 6) is -2.76. The zero-order chi connectivity index (χ0) is 54.7. The number of hydrogen-bond donors (Lipinski definition) is 4. The third kappa shape index (κ3) is 11.3. The number of alkyl halides is 6. The average molecular weight is 1050 g/mol. The van der Waals surface area contributed by atoms with Gasteiger partial charge in [-0.15, -0.1) is 0 Å². The number of carbonyl (C=O) groups excluding carboxylic acids is 3. The van der Waals surface area contributed by atoms with Crippen molar-refractivity contribution in [2.24, 2.45) is 11.8 Å². The van der Waals surface area contributed by atoms with Crippen LogP contribution in [0.1, 0.15) is 120 Å². The largest absolute Gasteiger partial charge is 0.462 e. The second-order valence-corrected chi connectivity index (χ2v) is 20.8. The number of aryl methyl sites for hydroxylation is 2. The summed E-state index contributed by atoms with van der Waals surface area (Å²) < 4.78 is 88.5. The molecule has 4 N–H and O–H groups in total. The van der Waals surface area contributed by atoms with Gasteiger partial charge in [-0.05, 0) is 134 Å². The number of nitrogens with zero attached hydrogens (tertiary/aromatic N) is 2. The van der Waals surface area contributed by atoms with Crippen LogP contribution in [0.4, 0.5) is 26.3 Å². The molecule has 4 aromatic carbocycles. The summed E-state index contributed by atoms with van der Waals surface area (Å²) in [6.45, 7) is 2.38. The molecule has 0 saturated heterocycles. The van der Waals surface area contributed by atoms with Gasteiger partial charge >= 0.3 is 18.3 Å². The molecule has 400 valence electrons. The van der Waals surface area contributed by atoms with E-state index < -0.39 is 91.1 Å². The molecule has 0 unspecified atom stereocenters. The van der Waals surface area contributed by atoms with Crippen molar-refractivity contribution in [2.45, 2.75) is 119 Å². The van der Waals surface area contributed by atoms with E-state index >= 15 is 0 Å². The Morgan fingerprint density at radius 3 is 1.59 bits per heavy atom. The van der Waals surface area contributed by atoms with Crippen molar-refractivity contribution in [1.82, 2.24) is 9.97 Å². The van der Waals surface area contributed by atoms with Crippen molar-refractivity contribution in [2.75, 3.05) is 13.2 Å². The Kier molecular flexibility index (Phi) is 16.2. The molecule has 0 amide bonds. The first kappa shape index (κ1) is 55.6. The summed E-state index contributed by atoms with van der Waals surface area (Å²) in [6, 6.07) is 35.5. The summed E-state index contributed by atoms with van der Waals surface area (Å²) in [4.78, 5) is 47.8. The summed E-state index contributed by atoms with van der Waals surface area (Å²) in [6.07, 6.45) is -7.74. The fraction of sp³-hybridized carbons (Fsp3) is 0.383. The molecule has 10 nitrogen and oxygen atoms in total. The monoisotopic (exact) mass is 1050 g/mol. The summed E-state index contributed by atoms with van der Waals surface area (Å²) in [7, 11) is 0. The second kappa shape index (κ2) is 22.2. The summed E-state index contributed by atoms with van der Waals surface area (Å²) in [5, 5.41) is 41.8. The molecule has 3 heterocycles. The van der Waals surface area contributed by atoms with Crippen molar-refractivity contribution < 1.29 is 65.9 Å². The molecule has 0 spiro atoms. The quantitative estimate of drug-likeness (QED) is 0.0497. The van der Waals surface area contributed by atoms with Crippen LogP contribution < -0.4 is 0 Å². The van der Waals surface area contributed by atoms with Gasteiger partial charge in [-0.2, -0.15) is 26.3 Å². The van der Waals surface area contributed by atoms with E-state index in [1.54, 1.807) is 54.9 Å². The Morgan fingerprint density at radius 2 is 1.09 bits per heavy atom. The van der Waals surface area contributed by atoms with Crippen LogP contribution in [0.25, 0.3) is 0 Å². The minimum atomic E-state index is -4.83. The highest BCUT2D eigenvalue weighted by atomic mass is 19.4. The highest BCUT2D eigenvalue weighted by Crippen LogP contribution is 2.56. The van der Waals surface area contributed by atoms with Gasteiger partial charge in [-0.3, -0.25) is 19.6 Å². The van der Waals surface area contributed by atoms with E-state index in [0.29, 0.717) is 40.7 Å². The second-order valence-electron chi connectivity index (χ2n) is 20.8. The number of aromatic nitrogens is 2. The maximum absolute atomic E-state index is 13.9. The number of benzene rings is 4. The number of aliphatic hydroxyl groups excluding tert-OH is 2. The Bertz CT molecular complexity index is 3060. The maximum atomic E-state index is 13.9. The lowest BCUT2D eigenvalue weighted by molar-refractivity contribution is -0.280. The minimum absolute atomic E-state index is 0.00832. The molecule has 0 radical (unpaired) electrons. The van der Waals surface area contributed by atoms with Crippen LogP contribution in [0.5, 0.6) is 0 Å². The molecule has 1 aliphatic heterocycles. The lowest BCUT2D eigenvalue weighted by Gasteiger charge is -2.50. The number of pyridine rings is 2. The van der Waals surface area contributed by atoms with E-state index in [2.05, 4.69) is 9.97 Å². The SMILES string of the molecule is Cc1ncccc1CC(=O)c1ccc([C@]2(Cc3ccccc3)CC[C@](O)(C(F)(F)F)C[C@H]2CO)c(CO)c1.Cc1ncccc1CC(=O)c1ccc2c(c1)C(=O)OC[C@@H]1C[C@@](O)(C(F)(F)F)CC[C@@]21Cc1ccccc1. The molecule has 2 aromatic heterocycles. The van der Waals surface area contributed by atoms with Crippen molar-refractivity contribution >= 4 is 17.5 Å².